The number of nitrogens with one attached hydrogen (secondary N) is 3. The smallest absolute Gasteiger partial charge is 0.323 e. The van der Waals surface area contributed by atoms with Crippen LogP contribution in [-0.2, 0) is 6.42 Å². The summed E-state index contributed by atoms with van der Waals surface area (Å²) in [5.41, 5.74) is 5.09. The van der Waals surface area contributed by atoms with Crippen LogP contribution in [0.4, 0.5) is 5.69 Å². The average molecular weight is 300 g/mol. The van der Waals surface area contributed by atoms with E-state index in [1.807, 2.05) is 30.3 Å². The normalized spacial score (nSPS) is 17.1. The lowest BCUT2D eigenvalue weighted by molar-refractivity contribution is 0.762. The largest absolute Gasteiger partial charge is 0.378 e. The average Bonchev–Trinajstić information content (AvgIpc) is 3.01. The summed E-state index contributed by atoms with van der Waals surface area (Å²) < 4.78 is 0. The molecule has 0 bridgehead atoms. The molecule has 1 aromatic heterocycles. The van der Waals surface area contributed by atoms with Crippen LogP contribution in [0.3, 0.4) is 0 Å². The Balaban J connectivity index is 1.65. The van der Waals surface area contributed by atoms with Gasteiger partial charge in [-0.2, -0.15) is 0 Å². The van der Waals surface area contributed by atoms with Crippen molar-refractivity contribution < 1.29 is 0 Å². The summed E-state index contributed by atoms with van der Waals surface area (Å²) in [6.45, 7) is 0. The van der Waals surface area contributed by atoms with E-state index in [4.69, 9.17) is 11.6 Å². The van der Waals surface area contributed by atoms with Gasteiger partial charge in [-0.05, 0) is 54.3 Å². The van der Waals surface area contributed by atoms with Gasteiger partial charge in [0.1, 0.15) is 0 Å². The summed E-state index contributed by atoms with van der Waals surface area (Å²) in [4.78, 5) is 16.8. The van der Waals surface area contributed by atoms with Crippen LogP contribution in [0.15, 0.2) is 41.2 Å². The molecule has 3 N–H and O–H groups in total. The molecule has 0 saturated carbocycles. The lowest BCUT2D eigenvalue weighted by Gasteiger charge is -2.15. The minimum Gasteiger partial charge on any atom is -0.378 e. The number of halogens is 1. The van der Waals surface area contributed by atoms with Crippen molar-refractivity contribution >= 4 is 28.3 Å². The molecule has 5 heteroatoms. The maximum absolute atomic E-state index is 11.3. The van der Waals surface area contributed by atoms with Gasteiger partial charge in [-0.25, -0.2) is 4.79 Å². The molecule has 0 radical (unpaired) electrons. The molecule has 1 aliphatic carbocycles. The fourth-order valence-corrected chi connectivity index (χ4v) is 3.25. The molecule has 0 amide bonds. The van der Waals surface area contributed by atoms with Crippen LogP contribution >= 0.6 is 11.6 Å². The van der Waals surface area contributed by atoms with Crippen molar-refractivity contribution in [3.8, 4) is 0 Å². The number of aryl methyl sites for hydroxylation is 1. The molecule has 106 valence electrons. The molecule has 4 rings (SSSR count). The van der Waals surface area contributed by atoms with Gasteiger partial charge < -0.3 is 15.3 Å². The standard InChI is InChI=1S/C16H14ClN3O/c17-10-2-4-12-9(7-10)1-5-13(12)18-11-3-6-14-15(8-11)20-16(21)19-14/h2-4,6-8,13,18H,1,5H2,(H2,19,20,21). The second-order valence-electron chi connectivity index (χ2n) is 5.42. The summed E-state index contributed by atoms with van der Waals surface area (Å²) in [5, 5.41) is 4.33. The highest BCUT2D eigenvalue weighted by Crippen LogP contribution is 2.35. The fraction of sp³-hybridized carbons (Fsp3) is 0.188. The SMILES string of the molecule is O=c1[nH]c2ccc(NC3CCc4cc(Cl)ccc43)cc2[nH]1. The van der Waals surface area contributed by atoms with Gasteiger partial charge >= 0.3 is 5.69 Å². The number of hydrogen-bond acceptors (Lipinski definition) is 2. The van der Waals surface area contributed by atoms with Crippen molar-refractivity contribution in [2.75, 3.05) is 5.32 Å². The zero-order chi connectivity index (χ0) is 14.4. The Morgan fingerprint density at radius 3 is 2.86 bits per heavy atom. The van der Waals surface area contributed by atoms with E-state index in [9.17, 15) is 4.79 Å². The molecule has 0 spiro atoms. The van der Waals surface area contributed by atoms with Crippen LogP contribution in [-0.4, -0.2) is 9.97 Å². The van der Waals surface area contributed by atoms with Crippen LogP contribution in [0.5, 0.6) is 0 Å². The van der Waals surface area contributed by atoms with Gasteiger partial charge in [0.15, 0.2) is 0 Å². The van der Waals surface area contributed by atoms with Crippen molar-refractivity contribution in [1.82, 2.24) is 9.97 Å². The van der Waals surface area contributed by atoms with Crippen molar-refractivity contribution in [1.29, 1.82) is 0 Å². The number of hydrogen-bond donors (Lipinski definition) is 3. The highest BCUT2D eigenvalue weighted by molar-refractivity contribution is 6.30. The van der Waals surface area contributed by atoms with E-state index in [1.165, 1.54) is 11.1 Å². The minimum absolute atomic E-state index is 0.178. The lowest BCUT2D eigenvalue weighted by atomic mass is 10.1. The number of aromatic amines is 2. The molecule has 21 heavy (non-hydrogen) atoms. The first-order chi connectivity index (χ1) is 10.2. The van der Waals surface area contributed by atoms with E-state index in [-0.39, 0.29) is 5.69 Å². The van der Waals surface area contributed by atoms with E-state index in [0.29, 0.717) is 6.04 Å². The molecule has 2 aromatic carbocycles. The van der Waals surface area contributed by atoms with E-state index in [0.717, 1.165) is 34.6 Å². The third-order valence-corrected chi connectivity index (χ3v) is 4.27. The van der Waals surface area contributed by atoms with Crippen molar-refractivity contribution in [3.63, 3.8) is 0 Å². The predicted octanol–water partition coefficient (Wildman–Crippen LogP) is 3.61. The van der Waals surface area contributed by atoms with Gasteiger partial charge in [-0.3, -0.25) is 0 Å². The fourth-order valence-electron chi connectivity index (χ4n) is 3.06. The third kappa shape index (κ3) is 2.21. The highest BCUT2D eigenvalue weighted by atomic mass is 35.5. The maximum Gasteiger partial charge on any atom is 0.323 e. The van der Waals surface area contributed by atoms with Crippen molar-refractivity contribution in [3.05, 3.63) is 63.0 Å². The van der Waals surface area contributed by atoms with Crippen molar-refractivity contribution in [2.45, 2.75) is 18.9 Å². The minimum atomic E-state index is -0.178. The second-order valence-corrected chi connectivity index (χ2v) is 5.85. The van der Waals surface area contributed by atoms with E-state index in [1.54, 1.807) is 0 Å². The molecule has 1 atom stereocenters. The van der Waals surface area contributed by atoms with Crippen LogP contribution in [0.1, 0.15) is 23.6 Å². The van der Waals surface area contributed by atoms with Crippen molar-refractivity contribution in [2.24, 2.45) is 0 Å². The Bertz CT molecular complexity index is 881. The summed E-state index contributed by atoms with van der Waals surface area (Å²) in [6.07, 6.45) is 2.09. The summed E-state index contributed by atoms with van der Waals surface area (Å²) >= 11 is 6.04. The predicted molar refractivity (Wildman–Crippen MR) is 85.1 cm³/mol. The first-order valence-electron chi connectivity index (χ1n) is 6.96. The Kier molecular flexibility index (Phi) is 2.79. The van der Waals surface area contributed by atoms with Gasteiger partial charge in [0.25, 0.3) is 0 Å². The zero-order valence-corrected chi connectivity index (χ0v) is 12.0. The monoisotopic (exact) mass is 299 g/mol. The molecule has 1 aliphatic rings. The molecular formula is C16H14ClN3O. The number of anilines is 1. The maximum atomic E-state index is 11.3. The van der Waals surface area contributed by atoms with Crippen LogP contribution in [0, 0.1) is 0 Å². The molecule has 1 unspecified atom stereocenters. The number of H-pyrrole nitrogens is 2. The first kappa shape index (κ1) is 12.5. The number of benzene rings is 2. The first-order valence-corrected chi connectivity index (χ1v) is 7.34. The van der Waals surface area contributed by atoms with Gasteiger partial charge in [0.05, 0.1) is 17.1 Å². The summed E-state index contributed by atoms with van der Waals surface area (Å²) in [6, 6.07) is 12.2. The Morgan fingerprint density at radius 1 is 1.10 bits per heavy atom. The number of rotatable bonds is 2. The van der Waals surface area contributed by atoms with E-state index < -0.39 is 0 Å². The molecular weight excluding hydrogens is 286 g/mol. The van der Waals surface area contributed by atoms with Gasteiger partial charge in [-0.1, -0.05) is 17.7 Å². The van der Waals surface area contributed by atoms with Crippen LogP contribution in [0.2, 0.25) is 5.02 Å². The quantitative estimate of drug-likeness (QED) is 0.677. The zero-order valence-electron chi connectivity index (χ0n) is 11.2. The second kappa shape index (κ2) is 4.67. The molecule has 4 nitrogen and oxygen atoms in total. The van der Waals surface area contributed by atoms with Crippen LogP contribution in [0.25, 0.3) is 11.0 Å². The number of fused-ring (bicyclic) bond motifs is 2. The van der Waals surface area contributed by atoms with E-state index in [2.05, 4.69) is 21.4 Å². The molecule has 0 saturated heterocycles. The summed E-state index contributed by atoms with van der Waals surface area (Å²) in [5.74, 6) is 0. The molecule has 3 aromatic rings. The number of aromatic nitrogens is 2. The summed E-state index contributed by atoms with van der Waals surface area (Å²) in [7, 11) is 0. The molecule has 0 aliphatic heterocycles. The lowest BCUT2D eigenvalue weighted by Crippen LogP contribution is -2.06. The topological polar surface area (TPSA) is 60.7 Å². The highest BCUT2D eigenvalue weighted by Gasteiger charge is 2.22. The van der Waals surface area contributed by atoms with Gasteiger partial charge in [0, 0.05) is 10.7 Å². The molecule has 0 fully saturated rings. The Morgan fingerprint density at radius 2 is 1.95 bits per heavy atom. The molecule has 1 heterocycles. The van der Waals surface area contributed by atoms with Gasteiger partial charge in [-0.15, -0.1) is 0 Å². The van der Waals surface area contributed by atoms with Gasteiger partial charge in [0.2, 0.25) is 0 Å². The third-order valence-electron chi connectivity index (χ3n) is 4.04. The van der Waals surface area contributed by atoms with E-state index >= 15 is 0 Å². The van der Waals surface area contributed by atoms with Crippen LogP contribution < -0.4 is 11.0 Å². The Hall–Kier alpha value is -2.20. The number of imidazole rings is 1. The Labute approximate surface area is 126 Å².